The fraction of sp³-hybridized carbons (Fsp3) is 0.538. The van der Waals surface area contributed by atoms with Crippen molar-refractivity contribution >= 4 is 23.4 Å². The number of hydrogen-bond donors (Lipinski definition) is 2. The van der Waals surface area contributed by atoms with E-state index in [9.17, 15) is 0 Å². The Hall–Kier alpha value is -0.220. The first kappa shape index (κ1) is 14.8. The molecule has 1 aromatic rings. The van der Waals surface area contributed by atoms with Crippen molar-refractivity contribution < 1.29 is 5.11 Å². The third kappa shape index (κ3) is 5.77. The van der Waals surface area contributed by atoms with E-state index >= 15 is 0 Å². The Labute approximate surface area is 113 Å². The molecule has 0 saturated heterocycles. The van der Waals surface area contributed by atoms with Crippen LogP contribution in [-0.2, 0) is 6.54 Å². The number of rotatable bonds is 7. The monoisotopic (exact) mass is 273 g/mol. The predicted molar refractivity (Wildman–Crippen MR) is 75.8 cm³/mol. The molecule has 0 radical (unpaired) electrons. The maximum Gasteiger partial charge on any atom is 0.0545 e. The van der Waals surface area contributed by atoms with Gasteiger partial charge in [0.15, 0.2) is 0 Å². The van der Waals surface area contributed by atoms with Crippen LogP contribution < -0.4 is 5.32 Å². The molecule has 1 rings (SSSR count). The minimum Gasteiger partial charge on any atom is -0.396 e. The largest absolute Gasteiger partial charge is 0.396 e. The van der Waals surface area contributed by atoms with Gasteiger partial charge in [-0.05, 0) is 30.2 Å². The summed E-state index contributed by atoms with van der Waals surface area (Å²) in [6.07, 6.45) is 0. The molecule has 96 valence electrons. The zero-order chi connectivity index (χ0) is 12.7. The van der Waals surface area contributed by atoms with Crippen LogP contribution in [0.4, 0.5) is 0 Å². The van der Waals surface area contributed by atoms with Crippen LogP contribution in [0.3, 0.4) is 0 Å². The number of thioether (sulfide) groups is 1. The van der Waals surface area contributed by atoms with Crippen LogP contribution >= 0.6 is 23.4 Å². The smallest absolute Gasteiger partial charge is 0.0545 e. The molecule has 2 nitrogen and oxygen atoms in total. The summed E-state index contributed by atoms with van der Waals surface area (Å²) in [5.41, 5.74) is 1.20. The van der Waals surface area contributed by atoms with Gasteiger partial charge in [-0.25, -0.2) is 0 Å². The van der Waals surface area contributed by atoms with Crippen molar-refractivity contribution in [2.75, 3.05) is 18.9 Å². The van der Waals surface area contributed by atoms with E-state index in [4.69, 9.17) is 16.7 Å². The molecular weight excluding hydrogens is 254 g/mol. The Balaban J connectivity index is 2.50. The lowest BCUT2D eigenvalue weighted by atomic mass is 10.2. The quantitative estimate of drug-likeness (QED) is 0.749. The molecule has 0 aromatic heterocycles. The van der Waals surface area contributed by atoms with Crippen molar-refractivity contribution in [3.05, 3.63) is 28.8 Å². The fourth-order valence-corrected chi connectivity index (χ4v) is 2.47. The van der Waals surface area contributed by atoms with Crippen molar-refractivity contribution in [2.45, 2.75) is 25.3 Å². The molecule has 0 aliphatic heterocycles. The molecule has 0 saturated carbocycles. The highest BCUT2D eigenvalue weighted by Crippen LogP contribution is 2.27. The number of nitrogens with one attached hydrogen (secondary N) is 1. The second-order valence-electron chi connectivity index (χ2n) is 4.36. The van der Waals surface area contributed by atoms with Gasteiger partial charge in [-0.1, -0.05) is 31.5 Å². The molecular formula is C13H20ClNOS. The van der Waals surface area contributed by atoms with Gasteiger partial charge < -0.3 is 10.4 Å². The molecule has 2 N–H and O–H groups in total. The predicted octanol–water partition coefficient (Wildman–Crippen LogP) is 3.17. The first-order chi connectivity index (χ1) is 8.13. The van der Waals surface area contributed by atoms with Gasteiger partial charge in [0.1, 0.15) is 0 Å². The molecule has 0 bridgehead atoms. The summed E-state index contributed by atoms with van der Waals surface area (Å²) < 4.78 is 0. The summed E-state index contributed by atoms with van der Waals surface area (Å²) in [7, 11) is 0. The van der Waals surface area contributed by atoms with Crippen LogP contribution in [0.5, 0.6) is 0 Å². The van der Waals surface area contributed by atoms with E-state index in [0.29, 0.717) is 11.7 Å². The third-order valence-electron chi connectivity index (χ3n) is 2.23. The third-order valence-corrected chi connectivity index (χ3v) is 3.71. The molecule has 0 atom stereocenters. The number of aliphatic hydroxyl groups excluding tert-OH is 1. The first-order valence-corrected chi connectivity index (χ1v) is 7.22. The lowest BCUT2D eigenvalue weighted by Crippen LogP contribution is -2.18. The van der Waals surface area contributed by atoms with E-state index in [1.54, 1.807) is 11.8 Å². The van der Waals surface area contributed by atoms with Gasteiger partial charge in [-0.2, -0.15) is 0 Å². The van der Waals surface area contributed by atoms with Crippen molar-refractivity contribution in [1.82, 2.24) is 5.32 Å². The van der Waals surface area contributed by atoms with Gasteiger partial charge in [-0.15, -0.1) is 11.8 Å². The molecule has 0 aliphatic rings. The van der Waals surface area contributed by atoms with Crippen LogP contribution in [0.25, 0.3) is 0 Å². The molecule has 0 heterocycles. The van der Waals surface area contributed by atoms with Gasteiger partial charge in [0.05, 0.1) is 11.6 Å². The van der Waals surface area contributed by atoms with Gasteiger partial charge in [0.2, 0.25) is 0 Å². The highest BCUT2D eigenvalue weighted by atomic mass is 35.5. The van der Waals surface area contributed by atoms with E-state index in [1.807, 2.05) is 12.1 Å². The SMILES string of the molecule is CC(C)CNCc1ccc(SCCO)c(Cl)c1. The topological polar surface area (TPSA) is 32.3 Å². The molecule has 17 heavy (non-hydrogen) atoms. The Morgan fingerprint density at radius 2 is 2.18 bits per heavy atom. The maximum atomic E-state index is 8.77. The van der Waals surface area contributed by atoms with Gasteiger partial charge >= 0.3 is 0 Å². The minimum atomic E-state index is 0.179. The van der Waals surface area contributed by atoms with E-state index in [1.165, 1.54) is 5.56 Å². The minimum absolute atomic E-state index is 0.179. The molecule has 0 fully saturated rings. The van der Waals surface area contributed by atoms with Crippen LogP contribution in [0.15, 0.2) is 23.1 Å². The second kappa shape index (κ2) is 7.98. The maximum absolute atomic E-state index is 8.77. The van der Waals surface area contributed by atoms with Crippen LogP contribution in [0.1, 0.15) is 19.4 Å². The highest BCUT2D eigenvalue weighted by Gasteiger charge is 2.02. The summed E-state index contributed by atoms with van der Waals surface area (Å²) in [5, 5.41) is 12.9. The molecule has 0 aliphatic carbocycles. The Kier molecular flexibility index (Phi) is 6.97. The number of benzene rings is 1. The van der Waals surface area contributed by atoms with Crippen molar-refractivity contribution in [3.8, 4) is 0 Å². The average molecular weight is 274 g/mol. The molecule has 0 amide bonds. The summed E-state index contributed by atoms with van der Waals surface area (Å²) >= 11 is 7.76. The van der Waals surface area contributed by atoms with Gasteiger partial charge in [0.25, 0.3) is 0 Å². The molecule has 0 spiro atoms. The summed E-state index contributed by atoms with van der Waals surface area (Å²) in [6, 6.07) is 6.10. The zero-order valence-electron chi connectivity index (χ0n) is 10.4. The second-order valence-corrected chi connectivity index (χ2v) is 5.91. The number of halogens is 1. The fourth-order valence-electron chi connectivity index (χ4n) is 1.43. The lowest BCUT2D eigenvalue weighted by Gasteiger charge is -2.09. The van der Waals surface area contributed by atoms with Crippen molar-refractivity contribution in [2.24, 2.45) is 5.92 Å². The lowest BCUT2D eigenvalue weighted by molar-refractivity contribution is 0.322. The number of hydrogen-bond acceptors (Lipinski definition) is 3. The summed E-state index contributed by atoms with van der Waals surface area (Å²) in [6.45, 7) is 6.42. The van der Waals surface area contributed by atoms with E-state index in [0.717, 1.165) is 23.0 Å². The van der Waals surface area contributed by atoms with E-state index in [-0.39, 0.29) is 6.61 Å². The van der Waals surface area contributed by atoms with Crippen molar-refractivity contribution in [3.63, 3.8) is 0 Å². The Morgan fingerprint density at radius 1 is 1.41 bits per heavy atom. The molecule has 0 unspecified atom stereocenters. The number of aliphatic hydroxyl groups is 1. The standard InChI is InChI=1S/C13H20ClNOS/c1-10(2)8-15-9-11-3-4-13(12(14)7-11)17-6-5-16/h3-4,7,10,15-16H,5-6,8-9H2,1-2H3. The first-order valence-electron chi connectivity index (χ1n) is 5.86. The molecule has 4 heteroatoms. The zero-order valence-corrected chi connectivity index (χ0v) is 11.9. The Bertz CT molecular complexity index is 344. The van der Waals surface area contributed by atoms with Crippen LogP contribution in [0, 0.1) is 5.92 Å². The normalized spacial score (nSPS) is 11.1. The summed E-state index contributed by atoms with van der Waals surface area (Å²) in [4.78, 5) is 1.04. The van der Waals surface area contributed by atoms with Crippen LogP contribution in [-0.4, -0.2) is 24.0 Å². The average Bonchev–Trinajstić information content (AvgIpc) is 2.27. The van der Waals surface area contributed by atoms with Crippen molar-refractivity contribution in [1.29, 1.82) is 0 Å². The molecule has 1 aromatic carbocycles. The highest BCUT2D eigenvalue weighted by molar-refractivity contribution is 7.99. The summed E-state index contributed by atoms with van der Waals surface area (Å²) in [5.74, 6) is 1.34. The van der Waals surface area contributed by atoms with Crippen LogP contribution in [0.2, 0.25) is 5.02 Å². The van der Waals surface area contributed by atoms with E-state index < -0.39 is 0 Å². The Morgan fingerprint density at radius 3 is 2.76 bits per heavy atom. The van der Waals surface area contributed by atoms with Gasteiger partial charge in [0, 0.05) is 17.2 Å². The van der Waals surface area contributed by atoms with Gasteiger partial charge in [-0.3, -0.25) is 0 Å². The van der Waals surface area contributed by atoms with E-state index in [2.05, 4.69) is 25.2 Å².